The van der Waals surface area contributed by atoms with Gasteiger partial charge in [-0.15, -0.1) is 5.10 Å². The molecule has 0 aliphatic carbocycles. The van der Waals surface area contributed by atoms with Crippen LogP contribution in [0.5, 0.6) is 0 Å². The van der Waals surface area contributed by atoms with Gasteiger partial charge in [0, 0.05) is 6.54 Å². The van der Waals surface area contributed by atoms with Crippen LogP contribution >= 0.6 is 0 Å². The maximum atomic E-state index is 9.52. The molecule has 1 saturated heterocycles. The van der Waals surface area contributed by atoms with Gasteiger partial charge in [0.05, 0.1) is 24.9 Å². The normalized spacial score (nSPS) is 24.0. The van der Waals surface area contributed by atoms with E-state index in [9.17, 15) is 5.11 Å². The Bertz CT molecular complexity index is 295. The average Bonchev–Trinajstić information content (AvgIpc) is 2.86. The lowest BCUT2D eigenvalue weighted by molar-refractivity contribution is 0.0968. The lowest BCUT2D eigenvalue weighted by Gasteiger charge is -2.04. The molecular formula is C8H14N4O2. The van der Waals surface area contributed by atoms with E-state index < -0.39 is 6.10 Å². The van der Waals surface area contributed by atoms with Crippen LogP contribution in [-0.4, -0.2) is 33.3 Å². The Morgan fingerprint density at radius 1 is 1.86 bits per heavy atom. The number of nitrogens with zero attached hydrogens (tertiary/aromatic N) is 3. The van der Waals surface area contributed by atoms with Crippen molar-refractivity contribution in [1.29, 1.82) is 0 Å². The second-order valence-corrected chi connectivity index (χ2v) is 3.36. The summed E-state index contributed by atoms with van der Waals surface area (Å²) in [5, 5.41) is 17.4. The predicted molar refractivity (Wildman–Crippen MR) is 48.3 cm³/mol. The first kappa shape index (κ1) is 9.57. The van der Waals surface area contributed by atoms with Gasteiger partial charge < -0.3 is 5.11 Å². The van der Waals surface area contributed by atoms with Crippen molar-refractivity contribution in [3.05, 3.63) is 11.9 Å². The third-order valence-corrected chi connectivity index (χ3v) is 2.33. The van der Waals surface area contributed by atoms with Crippen molar-refractivity contribution in [2.45, 2.75) is 25.5 Å². The SMILES string of the molecule is CCC(O)c1cn([C@H]2CNOC2)nn1. The van der Waals surface area contributed by atoms with Crippen LogP contribution in [0.1, 0.15) is 31.2 Å². The maximum absolute atomic E-state index is 9.52. The van der Waals surface area contributed by atoms with Crippen LogP contribution in [-0.2, 0) is 4.84 Å². The standard InChI is InChI=1S/C8H14N4O2/c1-2-8(13)7-4-12(11-10-7)6-3-9-14-5-6/h4,6,8-9,13H,2-3,5H2,1H3/t6-,8?/m0/s1. The predicted octanol–water partition coefficient (Wildman–Crippen LogP) is -0.203. The van der Waals surface area contributed by atoms with Gasteiger partial charge >= 0.3 is 0 Å². The van der Waals surface area contributed by atoms with E-state index in [1.54, 1.807) is 10.9 Å². The van der Waals surface area contributed by atoms with Crippen LogP contribution in [0.4, 0.5) is 0 Å². The van der Waals surface area contributed by atoms with Crippen LogP contribution in [0.3, 0.4) is 0 Å². The minimum Gasteiger partial charge on any atom is -0.387 e. The zero-order valence-corrected chi connectivity index (χ0v) is 8.05. The summed E-state index contributed by atoms with van der Waals surface area (Å²) in [6.45, 7) is 3.22. The third kappa shape index (κ3) is 1.77. The molecule has 78 valence electrons. The first-order chi connectivity index (χ1) is 6.81. The number of hydrogen-bond acceptors (Lipinski definition) is 5. The molecule has 0 radical (unpaired) electrons. The highest BCUT2D eigenvalue weighted by atomic mass is 16.7. The minimum absolute atomic E-state index is 0.181. The van der Waals surface area contributed by atoms with E-state index in [1.807, 2.05) is 6.92 Å². The molecule has 2 heterocycles. The highest BCUT2D eigenvalue weighted by Gasteiger charge is 2.20. The molecule has 2 rings (SSSR count). The van der Waals surface area contributed by atoms with Gasteiger partial charge in [-0.05, 0) is 6.42 Å². The van der Waals surface area contributed by atoms with Gasteiger partial charge in [-0.3, -0.25) is 4.84 Å². The average molecular weight is 198 g/mol. The summed E-state index contributed by atoms with van der Waals surface area (Å²) in [6, 6.07) is 0.181. The van der Waals surface area contributed by atoms with Gasteiger partial charge in [-0.25, -0.2) is 10.2 Å². The summed E-state index contributed by atoms with van der Waals surface area (Å²) >= 11 is 0. The molecule has 2 N–H and O–H groups in total. The van der Waals surface area contributed by atoms with Crippen molar-refractivity contribution in [2.24, 2.45) is 0 Å². The molecular weight excluding hydrogens is 184 g/mol. The molecule has 1 aliphatic rings. The number of aliphatic hydroxyl groups excluding tert-OH is 1. The number of hydroxylamine groups is 1. The summed E-state index contributed by atoms with van der Waals surface area (Å²) in [4.78, 5) is 5.01. The molecule has 14 heavy (non-hydrogen) atoms. The summed E-state index contributed by atoms with van der Waals surface area (Å²) in [7, 11) is 0. The van der Waals surface area contributed by atoms with Gasteiger partial charge in [-0.2, -0.15) is 0 Å². The van der Waals surface area contributed by atoms with Crippen molar-refractivity contribution in [3.8, 4) is 0 Å². The number of nitrogens with one attached hydrogen (secondary N) is 1. The monoisotopic (exact) mass is 198 g/mol. The summed E-state index contributed by atoms with van der Waals surface area (Å²) in [5.41, 5.74) is 3.40. The zero-order chi connectivity index (χ0) is 9.97. The van der Waals surface area contributed by atoms with E-state index in [1.165, 1.54) is 0 Å². The summed E-state index contributed by atoms with van der Waals surface area (Å²) in [5.74, 6) is 0. The molecule has 0 aromatic carbocycles. The van der Waals surface area contributed by atoms with E-state index in [2.05, 4.69) is 15.8 Å². The van der Waals surface area contributed by atoms with Gasteiger partial charge in [0.1, 0.15) is 5.69 Å². The van der Waals surface area contributed by atoms with Crippen molar-refractivity contribution in [3.63, 3.8) is 0 Å². The van der Waals surface area contributed by atoms with Crippen LogP contribution in [0, 0.1) is 0 Å². The smallest absolute Gasteiger partial charge is 0.111 e. The minimum atomic E-state index is -0.515. The first-order valence-electron chi connectivity index (χ1n) is 4.75. The van der Waals surface area contributed by atoms with Crippen molar-refractivity contribution < 1.29 is 9.94 Å². The molecule has 1 aromatic rings. The molecule has 1 aromatic heterocycles. The second-order valence-electron chi connectivity index (χ2n) is 3.36. The second kappa shape index (κ2) is 4.04. The van der Waals surface area contributed by atoms with Gasteiger partial charge in [-0.1, -0.05) is 12.1 Å². The van der Waals surface area contributed by atoms with Crippen molar-refractivity contribution in [2.75, 3.05) is 13.2 Å². The Morgan fingerprint density at radius 2 is 2.71 bits per heavy atom. The van der Waals surface area contributed by atoms with E-state index in [4.69, 9.17) is 4.84 Å². The van der Waals surface area contributed by atoms with Gasteiger partial charge in [0.25, 0.3) is 0 Å². The number of rotatable bonds is 3. The Labute approximate surface area is 81.8 Å². The van der Waals surface area contributed by atoms with Crippen molar-refractivity contribution >= 4 is 0 Å². The van der Waals surface area contributed by atoms with Crippen molar-refractivity contribution in [1.82, 2.24) is 20.5 Å². The number of aliphatic hydroxyl groups is 1. The number of aromatic nitrogens is 3. The van der Waals surface area contributed by atoms with Crippen LogP contribution < -0.4 is 5.48 Å². The molecule has 6 nitrogen and oxygen atoms in total. The molecule has 1 fully saturated rings. The largest absolute Gasteiger partial charge is 0.387 e. The van der Waals surface area contributed by atoms with E-state index in [0.29, 0.717) is 18.7 Å². The van der Waals surface area contributed by atoms with Gasteiger partial charge in [0.15, 0.2) is 0 Å². The van der Waals surface area contributed by atoms with E-state index >= 15 is 0 Å². The molecule has 2 atom stereocenters. The summed E-state index contributed by atoms with van der Waals surface area (Å²) < 4.78 is 1.73. The fourth-order valence-corrected chi connectivity index (χ4v) is 1.37. The molecule has 0 spiro atoms. The zero-order valence-electron chi connectivity index (χ0n) is 8.05. The Balaban J connectivity index is 2.08. The molecule has 0 amide bonds. The topological polar surface area (TPSA) is 72.2 Å². The Morgan fingerprint density at radius 3 is 3.36 bits per heavy atom. The third-order valence-electron chi connectivity index (χ3n) is 2.33. The molecule has 6 heteroatoms. The summed E-state index contributed by atoms with van der Waals surface area (Å²) in [6.07, 6.45) is 1.91. The molecule has 1 aliphatic heterocycles. The fourth-order valence-electron chi connectivity index (χ4n) is 1.37. The molecule has 0 saturated carbocycles. The highest BCUT2D eigenvalue weighted by molar-refractivity contribution is 4.98. The Hall–Kier alpha value is -0.980. The molecule has 0 bridgehead atoms. The maximum Gasteiger partial charge on any atom is 0.111 e. The van der Waals surface area contributed by atoms with Crippen LogP contribution in [0.15, 0.2) is 6.20 Å². The number of hydrogen-bond donors (Lipinski definition) is 2. The quantitative estimate of drug-likeness (QED) is 0.703. The lowest BCUT2D eigenvalue weighted by Crippen LogP contribution is -2.14. The lowest BCUT2D eigenvalue weighted by atomic mass is 10.2. The first-order valence-corrected chi connectivity index (χ1v) is 4.75. The van der Waals surface area contributed by atoms with Crippen LogP contribution in [0.25, 0.3) is 0 Å². The van der Waals surface area contributed by atoms with E-state index in [0.717, 1.165) is 6.54 Å². The highest BCUT2D eigenvalue weighted by Crippen LogP contribution is 2.15. The fraction of sp³-hybridized carbons (Fsp3) is 0.750. The molecule has 1 unspecified atom stereocenters. The van der Waals surface area contributed by atoms with E-state index in [-0.39, 0.29) is 6.04 Å². The van der Waals surface area contributed by atoms with Crippen LogP contribution in [0.2, 0.25) is 0 Å². The Kier molecular flexibility index (Phi) is 2.76. The van der Waals surface area contributed by atoms with Gasteiger partial charge in [0.2, 0.25) is 0 Å².